The van der Waals surface area contributed by atoms with E-state index in [0.717, 1.165) is 0 Å². The fourth-order valence-corrected chi connectivity index (χ4v) is 0.546. The van der Waals surface area contributed by atoms with E-state index in [0.29, 0.717) is 5.76 Å². The summed E-state index contributed by atoms with van der Waals surface area (Å²) in [6.07, 6.45) is 5.28. The van der Waals surface area contributed by atoms with Crippen LogP contribution in [0.15, 0.2) is 35.0 Å². The van der Waals surface area contributed by atoms with E-state index in [4.69, 9.17) is 4.42 Å². The summed E-state index contributed by atoms with van der Waals surface area (Å²) in [5, 5.41) is 0. The lowest BCUT2D eigenvalue weighted by Gasteiger charge is -1.72. The maximum Gasteiger partial charge on any atom is 0.176 e. The standard InChI is InChI=1S/C9H8O/c1-2-3-4-6-9-7-5-8-10-9/h2-3,5,7-8H,1H3. The molecule has 0 amide bonds. The molecule has 0 aliphatic carbocycles. The molecule has 0 aliphatic rings. The number of allylic oxidation sites excluding steroid dienone is 2. The van der Waals surface area contributed by atoms with Crippen molar-refractivity contribution in [3.05, 3.63) is 36.3 Å². The highest BCUT2D eigenvalue weighted by molar-refractivity contribution is 5.28. The summed E-state index contributed by atoms with van der Waals surface area (Å²) in [6, 6.07) is 3.65. The monoisotopic (exact) mass is 132 g/mol. The Labute approximate surface area is 60.4 Å². The quantitative estimate of drug-likeness (QED) is 0.493. The third kappa shape index (κ3) is 1.83. The zero-order chi connectivity index (χ0) is 7.23. The van der Waals surface area contributed by atoms with Crippen molar-refractivity contribution in [2.24, 2.45) is 0 Å². The normalized spacial score (nSPS) is 9.30. The average molecular weight is 132 g/mol. The lowest BCUT2D eigenvalue weighted by atomic mass is 10.4. The molecule has 0 atom stereocenters. The summed E-state index contributed by atoms with van der Waals surface area (Å²) < 4.78 is 4.97. The summed E-state index contributed by atoms with van der Waals surface area (Å²) >= 11 is 0. The Morgan fingerprint density at radius 2 is 2.50 bits per heavy atom. The van der Waals surface area contributed by atoms with Gasteiger partial charge in [-0.1, -0.05) is 12.0 Å². The van der Waals surface area contributed by atoms with Crippen molar-refractivity contribution in [3.63, 3.8) is 0 Å². The maximum atomic E-state index is 4.97. The Bertz CT molecular complexity index is 257. The SMILES string of the molecule is CC=CC#Cc1ccco1. The molecule has 1 heterocycles. The first-order valence-corrected chi connectivity index (χ1v) is 3.09. The van der Waals surface area contributed by atoms with Crippen LogP contribution in [-0.2, 0) is 0 Å². The van der Waals surface area contributed by atoms with Crippen LogP contribution in [0.2, 0.25) is 0 Å². The zero-order valence-electron chi connectivity index (χ0n) is 5.79. The fraction of sp³-hybridized carbons (Fsp3) is 0.111. The van der Waals surface area contributed by atoms with E-state index >= 15 is 0 Å². The molecule has 0 saturated carbocycles. The molecule has 0 unspecified atom stereocenters. The molecule has 0 fully saturated rings. The van der Waals surface area contributed by atoms with Gasteiger partial charge < -0.3 is 4.42 Å². The van der Waals surface area contributed by atoms with Crippen LogP contribution in [0.3, 0.4) is 0 Å². The zero-order valence-corrected chi connectivity index (χ0v) is 5.79. The molecule has 0 aromatic carbocycles. The summed E-state index contributed by atoms with van der Waals surface area (Å²) in [4.78, 5) is 0. The minimum absolute atomic E-state index is 0.707. The highest BCUT2D eigenvalue weighted by Crippen LogP contribution is 1.95. The van der Waals surface area contributed by atoms with E-state index in [-0.39, 0.29) is 0 Å². The lowest BCUT2D eigenvalue weighted by molar-refractivity contribution is 0.554. The van der Waals surface area contributed by atoms with Crippen LogP contribution < -0.4 is 0 Å². The Balaban J connectivity index is 2.66. The van der Waals surface area contributed by atoms with Gasteiger partial charge in [0.05, 0.1) is 6.26 Å². The van der Waals surface area contributed by atoms with Crippen LogP contribution in [0.5, 0.6) is 0 Å². The van der Waals surface area contributed by atoms with Gasteiger partial charge in [-0.3, -0.25) is 0 Å². The van der Waals surface area contributed by atoms with E-state index in [9.17, 15) is 0 Å². The minimum Gasteiger partial charge on any atom is -0.456 e. The smallest absolute Gasteiger partial charge is 0.176 e. The molecule has 1 nitrogen and oxygen atoms in total. The molecule has 1 heteroatoms. The average Bonchev–Trinajstić information content (AvgIpc) is 2.41. The van der Waals surface area contributed by atoms with Crippen molar-refractivity contribution in [2.75, 3.05) is 0 Å². The molecule has 0 radical (unpaired) electrons. The van der Waals surface area contributed by atoms with Crippen LogP contribution in [0.4, 0.5) is 0 Å². The van der Waals surface area contributed by atoms with Crippen molar-refractivity contribution in [1.29, 1.82) is 0 Å². The molecule has 1 rings (SSSR count). The van der Waals surface area contributed by atoms with Gasteiger partial charge in [-0.2, -0.15) is 0 Å². The molecular formula is C9H8O. The number of rotatable bonds is 0. The summed E-state index contributed by atoms with van der Waals surface area (Å²) in [6.45, 7) is 1.93. The van der Waals surface area contributed by atoms with Gasteiger partial charge >= 0.3 is 0 Å². The van der Waals surface area contributed by atoms with Crippen LogP contribution in [0, 0.1) is 11.8 Å². The predicted molar refractivity (Wildman–Crippen MR) is 40.4 cm³/mol. The van der Waals surface area contributed by atoms with E-state index in [2.05, 4.69) is 11.8 Å². The number of hydrogen-bond acceptors (Lipinski definition) is 1. The van der Waals surface area contributed by atoms with Crippen molar-refractivity contribution < 1.29 is 4.42 Å². The second-order valence-corrected chi connectivity index (χ2v) is 1.75. The van der Waals surface area contributed by atoms with Crippen LogP contribution in [0.25, 0.3) is 0 Å². The van der Waals surface area contributed by atoms with Gasteiger partial charge in [0.2, 0.25) is 0 Å². The third-order valence-corrected chi connectivity index (χ3v) is 0.967. The first-order chi connectivity index (χ1) is 4.93. The van der Waals surface area contributed by atoms with Crippen molar-refractivity contribution >= 4 is 0 Å². The van der Waals surface area contributed by atoms with E-state index in [1.54, 1.807) is 12.3 Å². The molecular weight excluding hydrogens is 124 g/mol. The molecule has 0 aliphatic heterocycles. The van der Waals surface area contributed by atoms with Gasteiger partial charge in [0.25, 0.3) is 0 Å². The van der Waals surface area contributed by atoms with E-state index < -0.39 is 0 Å². The fourth-order valence-electron chi connectivity index (χ4n) is 0.546. The van der Waals surface area contributed by atoms with Gasteiger partial charge in [-0.05, 0) is 31.1 Å². The van der Waals surface area contributed by atoms with Crippen molar-refractivity contribution in [3.8, 4) is 11.8 Å². The summed E-state index contributed by atoms with van der Waals surface area (Å²) in [5.41, 5.74) is 0. The molecule has 0 saturated heterocycles. The first-order valence-electron chi connectivity index (χ1n) is 3.09. The topological polar surface area (TPSA) is 13.1 Å². The highest BCUT2D eigenvalue weighted by atomic mass is 16.3. The lowest BCUT2D eigenvalue weighted by Crippen LogP contribution is -1.59. The Hall–Kier alpha value is -1.42. The molecule has 10 heavy (non-hydrogen) atoms. The van der Waals surface area contributed by atoms with Gasteiger partial charge in [-0.25, -0.2) is 0 Å². The second-order valence-electron chi connectivity index (χ2n) is 1.75. The van der Waals surface area contributed by atoms with Gasteiger partial charge in [0, 0.05) is 0 Å². The predicted octanol–water partition coefficient (Wildman–Crippen LogP) is 2.21. The van der Waals surface area contributed by atoms with Crippen LogP contribution in [0.1, 0.15) is 12.7 Å². The summed E-state index contributed by atoms with van der Waals surface area (Å²) in [7, 11) is 0. The molecule has 1 aromatic rings. The molecule has 0 N–H and O–H groups in total. The van der Waals surface area contributed by atoms with Crippen LogP contribution >= 0.6 is 0 Å². The number of furan rings is 1. The largest absolute Gasteiger partial charge is 0.456 e. The summed E-state index contributed by atoms with van der Waals surface area (Å²) in [5.74, 6) is 6.34. The minimum atomic E-state index is 0.707. The molecule has 0 bridgehead atoms. The van der Waals surface area contributed by atoms with Crippen molar-refractivity contribution in [1.82, 2.24) is 0 Å². The Kier molecular flexibility index (Phi) is 2.39. The Morgan fingerprint density at radius 3 is 3.10 bits per heavy atom. The third-order valence-electron chi connectivity index (χ3n) is 0.967. The molecule has 0 spiro atoms. The van der Waals surface area contributed by atoms with E-state index in [1.165, 1.54) is 0 Å². The van der Waals surface area contributed by atoms with Gasteiger partial charge in [0.1, 0.15) is 0 Å². The van der Waals surface area contributed by atoms with E-state index in [1.807, 2.05) is 25.1 Å². The maximum absolute atomic E-state index is 4.97. The molecule has 1 aromatic heterocycles. The van der Waals surface area contributed by atoms with Gasteiger partial charge in [0.15, 0.2) is 5.76 Å². The molecule has 50 valence electrons. The van der Waals surface area contributed by atoms with Crippen molar-refractivity contribution in [2.45, 2.75) is 6.92 Å². The highest BCUT2D eigenvalue weighted by Gasteiger charge is 1.82. The number of hydrogen-bond donors (Lipinski definition) is 0. The first kappa shape index (κ1) is 6.70. The van der Waals surface area contributed by atoms with Gasteiger partial charge in [-0.15, -0.1) is 0 Å². The second kappa shape index (κ2) is 3.58. The Morgan fingerprint density at radius 1 is 1.60 bits per heavy atom. The van der Waals surface area contributed by atoms with Crippen LogP contribution in [-0.4, -0.2) is 0 Å².